The second kappa shape index (κ2) is 10.2. The van der Waals surface area contributed by atoms with Gasteiger partial charge in [-0.2, -0.15) is 5.26 Å². The van der Waals surface area contributed by atoms with Crippen LogP contribution in [0.2, 0.25) is 0 Å². The Labute approximate surface area is 209 Å². The van der Waals surface area contributed by atoms with Crippen molar-refractivity contribution in [3.63, 3.8) is 0 Å². The number of nitrogens with one attached hydrogen (secondary N) is 4. The molecule has 2 fully saturated rings. The maximum atomic E-state index is 13.3. The Morgan fingerprint density at radius 1 is 1.17 bits per heavy atom. The smallest absolute Gasteiger partial charge is 0.233 e. The highest BCUT2D eigenvalue weighted by Crippen LogP contribution is 2.42. The highest BCUT2D eigenvalue weighted by Gasteiger charge is 2.33. The summed E-state index contributed by atoms with van der Waals surface area (Å²) in [7, 11) is 0. The quantitative estimate of drug-likeness (QED) is 0.313. The van der Waals surface area contributed by atoms with Crippen molar-refractivity contribution in [3.8, 4) is 6.07 Å². The average Bonchev–Trinajstić information content (AvgIpc) is 3.24. The molecule has 1 amide bonds. The molecule has 2 saturated heterocycles. The molecule has 2 aromatic rings. The lowest BCUT2D eigenvalue weighted by Crippen LogP contribution is -2.45. The van der Waals surface area contributed by atoms with Gasteiger partial charge in [0.15, 0.2) is 5.84 Å². The zero-order valence-electron chi connectivity index (χ0n) is 19.7. The number of pyridine rings is 1. The van der Waals surface area contributed by atoms with E-state index in [-0.39, 0.29) is 11.7 Å². The number of piperazine rings is 2. The van der Waals surface area contributed by atoms with Gasteiger partial charge in [-0.1, -0.05) is 0 Å². The normalized spacial score (nSPS) is 20.1. The molecule has 1 aliphatic carbocycles. The van der Waals surface area contributed by atoms with Crippen LogP contribution in [-0.4, -0.2) is 69.1 Å². The van der Waals surface area contributed by atoms with E-state index in [2.05, 4.69) is 37.9 Å². The van der Waals surface area contributed by atoms with E-state index in [9.17, 15) is 10.1 Å². The molecule has 10 nitrogen and oxygen atoms in total. The predicted octanol–water partition coefficient (Wildman–Crippen LogP) is 0.978. The average molecular weight is 494 g/mol. The topological polar surface area (TPSA) is 146 Å². The summed E-state index contributed by atoms with van der Waals surface area (Å²) >= 11 is 1.40. The number of carbonyl (C=O) groups is 1. The molecule has 2 aromatic heterocycles. The number of hydrogen-bond acceptors (Lipinski definition) is 10. The van der Waals surface area contributed by atoms with Crippen LogP contribution in [0, 0.1) is 16.7 Å². The zero-order valence-corrected chi connectivity index (χ0v) is 20.5. The maximum absolute atomic E-state index is 13.3. The fraction of sp³-hybridized carbons (Fsp3) is 0.500. The second-order valence-corrected chi connectivity index (χ2v) is 10.3. The highest BCUT2D eigenvalue weighted by atomic mass is 32.1. The molecule has 0 spiro atoms. The molecule has 0 radical (unpaired) electrons. The molecule has 11 heteroatoms. The number of rotatable bonds is 4. The molecule has 0 saturated carbocycles. The van der Waals surface area contributed by atoms with Crippen molar-refractivity contribution in [1.82, 2.24) is 20.9 Å². The first kappa shape index (κ1) is 23.5. The van der Waals surface area contributed by atoms with Gasteiger partial charge in [0.1, 0.15) is 22.6 Å². The number of anilines is 3. The molecule has 1 unspecified atom stereocenters. The number of aryl methyl sites for hydroxylation is 1. The van der Waals surface area contributed by atoms with Gasteiger partial charge < -0.3 is 31.5 Å². The molecule has 2 aliphatic heterocycles. The number of amides is 1. The Kier molecular flexibility index (Phi) is 6.86. The van der Waals surface area contributed by atoms with E-state index in [1.165, 1.54) is 11.3 Å². The fourth-order valence-corrected chi connectivity index (χ4v) is 6.24. The minimum absolute atomic E-state index is 0.0165. The lowest BCUT2D eigenvalue weighted by molar-refractivity contribution is -0.121. The third-order valence-electron chi connectivity index (χ3n) is 6.95. The van der Waals surface area contributed by atoms with Gasteiger partial charge in [-0.15, -0.1) is 11.3 Å². The molecule has 184 valence electrons. The Morgan fingerprint density at radius 3 is 2.54 bits per heavy atom. The summed E-state index contributed by atoms with van der Waals surface area (Å²) in [4.78, 5) is 23.6. The van der Waals surface area contributed by atoms with Gasteiger partial charge in [0.25, 0.3) is 0 Å². The van der Waals surface area contributed by atoms with Crippen molar-refractivity contribution in [2.24, 2.45) is 0 Å². The number of thiophene rings is 1. The first-order chi connectivity index (χ1) is 17.0. The number of nitrogens with zero attached hydrogens (tertiary/aromatic N) is 4. The summed E-state index contributed by atoms with van der Waals surface area (Å²) in [5.41, 5.74) is 8.68. The fourth-order valence-electron chi connectivity index (χ4n) is 5.12. The summed E-state index contributed by atoms with van der Waals surface area (Å²) in [5, 5.41) is 28.4. The number of aromatic nitrogens is 1. The van der Waals surface area contributed by atoms with Crippen molar-refractivity contribution in [1.29, 1.82) is 10.7 Å². The van der Waals surface area contributed by atoms with E-state index in [1.54, 1.807) is 0 Å². The highest BCUT2D eigenvalue weighted by molar-refractivity contribution is 7.16. The monoisotopic (exact) mass is 493 g/mol. The Hall–Kier alpha value is -3.20. The number of amidine groups is 1. The van der Waals surface area contributed by atoms with Crippen molar-refractivity contribution in [2.45, 2.75) is 25.2 Å². The van der Waals surface area contributed by atoms with E-state index < -0.39 is 5.92 Å². The molecular formula is C24H31N9OS. The number of nitrogens with two attached hydrogens (primary N) is 1. The first-order valence-corrected chi connectivity index (χ1v) is 13.0. The standard InChI is InChI=1S/C24H31N9OS/c25-14-17-21-16(2-1-3-19(21)35-23(17)27)24(34)31-22(26)18-12-15(32-8-4-28-5-9-32)13-20(30-18)33-10-6-29-7-11-33/h12-13,16,28-29H,1-11,27H2,(H2,26,31,34). The molecule has 1 atom stereocenters. The van der Waals surface area contributed by atoms with Crippen LogP contribution in [0.4, 0.5) is 16.5 Å². The molecule has 0 bridgehead atoms. The summed E-state index contributed by atoms with van der Waals surface area (Å²) in [6.07, 6.45) is 2.32. The van der Waals surface area contributed by atoms with Crippen LogP contribution in [0.1, 0.15) is 40.5 Å². The lowest BCUT2D eigenvalue weighted by Gasteiger charge is -2.33. The van der Waals surface area contributed by atoms with Crippen LogP contribution in [-0.2, 0) is 11.2 Å². The number of fused-ring (bicyclic) bond motifs is 1. The largest absolute Gasteiger partial charge is 0.389 e. The Balaban J connectivity index is 1.41. The summed E-state index contributed by atoms with van der Waals surface area (Å²) in [5.74, 6) is 0.0562. The summed E-state index contributed by atoms with van der Waals surface area (Å²) in [6, 6.07) is 6.17. The van der Waals surface area contributed by atoms with E-state index in [0.717, 1.165) is 87.1 Å². The van der Waals surface area contributed by atoms with Crippen LogP contribution in [0.5, 0.6) is 0 Å². The molecule has 3 aliphatic rings. The van der Waals surface area contributed by atoms with Crippen molar-refractivity contribution in [3.05, 3.63) is 33.8 Å². The molecular weight excluding hydrogens is 462 g/mol. The van der Waals surface area contributed by atoms with Crippen LogP contribution >= 0.6 is 11.3 Å². The van der Waals surface area contributed by atoms with Gasteiger partial charge in [-0.05, 0) is 30.9 Å². The summed E-state index contributed by atoms with van der Waals surface area (Å²) < 4.78 is 0. The van der Waals surface area contributed by atoms with Crippen LogP contribution in [0.3, 0.4) is 0 Å². The Morgan fingerprint density at radius 2 is 1.86 bits per heavy atom. The molecule has 6 N–H and O–H groups in total. The molecule has 4 heterocycles. The minimum Gasteiger partial charge on any atom is -0.389 e. The van der Waals surface area contributed by atoms with Gasteiger partial charge >= 0.3 is 0 Å². The van der Waals surface area contributed by atoms with E-state index >= 15 is 0 Å². The third-order valence-corrected chi connectivity index (χ3v) is 8.04. The zero-order chi connectivity index (χ0) is 24.4. The minimum atomic E-state index is -0.480. The van der Waals surface area contributed by atoms with Gasteiger partial charge in [0.05, 0.1) is 11.5 Å². The summed E-state index contributed by atoms with van der Waals surface area (Å²) in [6.45, 7) is 7.04. The van der Waals surface area contributed by atoms with Crippen LogP contribution in [0.25, 0.3) is 0 Å². The van der Waals surface area contributed by atoms with E-state index in [4.69, 9.17) is 16.1 Å². The van der Waals surface area contributed by atoms with Gasteiger partial charge in [-0.25, -0.2) is 4.98 Å². The van der Waals surface area contributed by atoms with Crippen molar-refractivity contribution >= 4 is 39.6 Å². The second-order valence-electron chi connectivity index (χ2n) is 9.14. The van der Waals surface area contributed by atoms with Gasteiger partial charge in [-0.3, -0.25) is 10.2 Å². The SMILES string of the molecule is N#Cc1c(N)sc2c1C(C(=O)NC(=N)c1cc(N3CCNCC3)cc(N3CCNCC3)n1)CCC2. The lowest BCUT2D eigenvalue weighted by atomic mass is 9.84. The van der Waals surface area contributed by atoms with E-state index in [1.807, 2.05) is 6.07 Å². The predicted molar refractivity (Wildman–Crippen MR) is 138 cm³/mol. The van der Waals surface area contributed by atoms with Crippen LogP contribution < -0.4 is 31.5 Å². The van der Waals surface area contributed by atoms with Gasteiger partial charge in [0, 0.05) is 69.0 Å². The van der Waals surface area contributed by atoms with Crippen molar-refractivity contribution < 1.29 is 4.79 Å². The van der Waals surface area contributed by atoms with Crippen LogP contribution in [0.15, 0.2) is 12.1 Å². The van der Waals surface area contributed by atoms with Crippen molar-refractivity contribution in [2.75, 3.05) is 67.9 Å². The number of carbonyl (C=O) groups excluding carboxylic acids is 1. The maximum Gasteiger partial charge on any atom is 0.233 e. The molecule has 0 aromatic carbocycles. The third kappa shape index (κ3) is 4.82. The first-order valence-electron chi connectivity index (χ1n) is 12.2. The number of nitriles is 1. The van der Waals surface area contributed by atoms with Gasteiger partial charge in [0.2, 0.25) is 5.91 Å². The Bertz CT molecular complexity index is 1120. The molecule has 5 rings (SSSR count). The number of hydrogen-bond donors (Lipinski definition) is 5. The number of nitrogen functional groups attached to an aromatic ring is 1. The molecule has 35 heavy (non-hydrogen) atoms. The van der Waals surface area contributed by atoms with E-state index in [0.29, 0.717) is 22.7 Å².